The highest BCUT2D eigenvalue weighted by Gasteiger charge is 2.55. The summed E-state index contributed by atoms with van der Waals surface area (Å²) in [6, 6.07) is 0. The van der Waals surface area contributed by atoms with Crippen LogP contribution in [0.15, 0.2) is 0 Å². The molecule has 3 rings (SSSR count). The van der Waals surface area contributed by atoms with Gasteiger partial charge in [-0.05, 0) is 27.7 Å². The van der Waals surface area contributed by atoms with Gasteiger partial charge in [0.05, 0.1) is 21.7 Å². The van der Waals surface area contributed by atoms with Crippen molar-refractivity contribution in [2.45, 2.75) is 69.3 Å². The molecule has 0 saturated carbocycles. The lowest BCUT2D eigenvalue weighted by atomic mass is 10.0. The van der Waals surface area contributed by atoms with E-state index in [1.165, 1.54) is 0 Å². The van der Waals surface area contributed by atoms with E-state index in [4.69, 9.17) is 18.9 Å². The number of carbonyl (C=O) groups excluding carboxylic acids is 1. The van der Waals surface area contributed by atoms with Gasteiger partial charge in [-0.25, -0.2) is 4.21 Å². The quantitative estimate of drug-likeness (QED) is 0.705. The third-order valence-electron chi connectivity index (χ3n) is 3.72. The molecule has 0 radical (unpaired) electrons. The van der Waals surface area contributed by atoms with E-state index in [1.807, 2.05) is 27.7 Å². The van der Waals surface area contributed by atoms with Gasteiger partial charge in [-0.3, -0.25) is 4.79 Å². The Labute approximate surface area is 130 Å². The molecular formula is C13H20O6S2. The molecule has 2 unspecified atom stereocenters. The summed E-state index contributed by atoms with van der Waals surface area (Å²) in [6.07, 6.45) is -0.858. The fraction of sp³-hybridized carbons (Fsp3) is 0.923. The Kier molecular flexibility index (Phi) is 3.99. The molecule has 0 aromatic rings. The van der Waals surface area contributed by atoms with Gasteiger partial charge >= 0.3 is 0 Å². The molecule has 0 aromatic heterocycles. The minimum Gasteiger partial charge on any atom is -0.348 e. The van der Waals surface area contributed by atoms with Crippen LogP contribution in [0.2, 0.25) is 0 Å². The molecule has 3 aliphatic heterocycles. The van der Waals surface area contributed by atoms with Crippen LogP contribution in [0.1, 0.15) is 34.1 Å². The van der Waals surface area contributed by atoms with Crippen LogP contribution in [0, 0.1) is 0 Å². The summed E-state index contributed by atoms with van der Waals surface area (Å²) in [5, 5.41) is -0.420. The predicted molar refractivity (Wildman–Crippen MR) is 77.9 cm³/mol. The van der Waals surface area contributed by atoms with Crippen LogP contribution in [0.5, 0.6) is 0 Å². The molecule has 3 heterocycles. The summed E-state index contributed by atoms with van der Waals surface area (Å²) in [7, 11) is -0.402. The predicted octanol–water partition coefficient (Wildman–Crippen LogP) is 1.35. The van der Waals surface area contributed by atoms with Crippen molar-refractivity contribution >= 4 is 25.7 Å². The second-order valence-corrected chi connectivity index (χ2v) is 9.62. The number of rotatable bonds is 2. The van der Waals surface area contributed by atoms with Crippen molar-refractivity contribution in [2.75, 3.05) is 6.61 Å². The summed E-state index contributed by atoms with van der Waals surface area (Å²) in [5.74, 6) is -1.45. The van der Waals surface area contributed by atoms with E-state index in [1.54, 1.807) is 0 Å². The normalized spacial score (nSPS) is 45.3. The molecule has 0 aliphatic carbocycles. The lowest BCUT2D eigenvalue weighted by Gasteiger charge is -2.25. The van der Waals surface area contributed by atoms with Gasteiger partial charge < -0.3 is 18.9 Å². The standard InChI is InChI=1S/C13H20O6S2/c1-12(2)16-6-7(17-12)10-11(19-13(3,4)18-10)8-5-9(14)20-21(8)15/h7-8,10-11H,5-6H2,1-4H3/t7-,8?,10-,11-,21?/m1/s1. The Morgan fingerprint density at radius 2 is 1.76 bits per heavy atom. The Balaban J connectivity index is 1.80. The van der Waals surface area contributed by atoms with E-state index in [-0.39, 0.29) is 29.0 Å². The van der Waals surface area contributed by atoms with E-state index in [9.17, 15) is 9.00 Å². The Morgan fingerprint density at radius 1 is 1.10 bits per heavy atom. The zero-order valence-corrected chi connectivity index (χ0v) is 14.1. The summed E-state index contributed by atoms with van der Waals surface area (Å²) in [6.45, 7) is 7.71. The zero-order chi connectivity index (χ0) is 15.4. The lowest BCUT2D eigenvalue weighted by molar-refractivity contribution is -0.174. The fourth-order valence-corrected chi connectivity index (χ4v) is 5.95. The zero-order valence-electron chi connectivity index (χ0n) is 12.5. The summed E-state index contributed by atoms with van der Waals surface area (Å²) < 4.78 is 35.4. The van der Waals surface area contributed by atoms with E-state index in [2.05, 4.69) is 0 Å². The second kappa shape index (κ2) is 5.28. The topological polar surface area (TPSA) is 71.1 Å². The van der Waals surface area contributed by atoms with Crippen molar-refractivity contribution in [1.82, 2.24) is 0 Å². The van der Waals surface area contributed by atoms with Crippen LogP contribution in [0.4, 0.5) is 0 Å². The first-order valence-electron chi connectivity index (χ1n) is 6.96. The van der Waals surface area contributed by atoms with Crippen LogP contribution in [-0.4, -0.2) is 51.1 Å². The summed E-state index contributed by atoms with van der Waals surface area (Å²) >= 11 is 0. The van der Waals surface area contributed by atoms with E-state index >= 15 is 0 Å². The first-order chi connectivity index (χ1) is 9.67. The average Bonchev–Trinajstić information content (AvgIpc) is 2.95. The molecular weight excluding hydrogens is 316 g/mol. The molecule has 6 nitrogen and oxygen atoms in total. The minimum atomic E-state index is -1.29. The highest BCUT2D eigenvalue weighted by atomic mass is 33.1. The Bertz CT molecular complexity index is 477. The van der Waals surface area contributed by atoms with Gasteiger partial charge in [-0.2, -0.15) is 0 Å². The van der Waals surface area contributed by atoms with Crippen molar-refractivity contribution in [3.8, 4) is 0 Å². The summed E-state index contributed by atoms with van der Waals surface area (Å²) in [5.41, 5.74) is 0. The lowest BCUT2D eigenvalue weighted by Crippen LogP contribution is -2.44. The van der Waals surface area contributed by atoms with Gasteiger partial charge in [0.25, 0.3) is 0 Å². The van der Waals surface area contributed by atoms with E-state index in [0.717, 1.165) is 10.8 Å². The van der Waals surface area contributed by atoms with Gasteiger partial charge in [0.2, 0.25) is 5.12 Å². The molecule has 8 heteroatoms. The Morgan fingerprint density at radius 3 is 2.29 bits per heavy atom. The SMILES string of the molecule is CC1(C)O[C@H]([C@H]2COC(C)(C)O2)[C@@H](C2CC(=O)SS2=O)O1. The van der Waals surface area contributed by atoms with E-state index < -0.39 is 27.5 Å². The van der Waals surface area contributed by atoms with Gasteiger partial charge in [-0.1, -0.05) is 0 Å². The van der Waals surface area contributed by atoms with Gasteiger partial charge in [0, 0.05) is 17.2 Å². The molecule has 0 spiro atoms. The number of carbonyl (C=O) groups is 1. The summed E-state index contributed by atoms with van der Waals surface area (Å²) in [4.78, 5) is 11.5. The fourth-order valence-electron chi connectivity index (χ4n) is 2.91. The molecule has 120 valence electrons. The third kappa shape index (κ3) is 3.20. The monoisotopic (exact) mass is 336 g/mol. The van der Waals surface area contributed by atoms with Crippen LogP contribution in [0.3, 0.4) is 0 Å². The number of hydrogen-bond acceptors (Lipinski definition) is 7. The first kappa shape index (κ1) is 15.9. The van der Waals surface area contributed by atoms with Gasteiger partial charge in [-0.15, -0.1) is 0 Å². The first-order valence-corrected chi connectivity index (χ1v) is 9.51. The van der Waals surface area contributed by atoms with Crippen LogP contribution < -0.4 is 0 Å². The number of hydrogen-bond donors (Lipinski definition) is 0. The van der Waals surface area contributed by atoms with Crippen molar-refractivity contribution in [3.05, 3.63) is 0 Å². The molecule has 21 heavy (non-hydrogen) atoms. The highest BCUT2D eigenvalue weighted by molar-refractivity contribution is 8.76. The molecule has 3 fully saturated rings. The van der Waals surface area contributed by atoms with Crippen molar-refractivity contribution in [1.29, 1.82) is 0 Å². The molecule has 3 aliphatic rings. The molecule has 3 saturated heterocycles. The van der Waals surface area contributed by atoms with Crippen LogP contribution >= 0.6 is 10.8 Å². The average molecular weight is 336 g/mol. The Hall–Kier alpha value is 0.01000. The van der Waals surface area contributed by atoms with Crippen molar-refractivity contribution in [3.63, 3.8) is 0 Å². The molecule has 0 amide bonds. The van der Waals surface area contributed by atoms with Crippen molar-refractivity contribution in [2.24, 2.45) is 0 Å². The molecule has 5 atom stereocenters. The van der Waals surface area contributed by atoms with E-state index in [0.29, 0.717) is 6.61 Å². The number of ether oxygens (including phenoxy) is 4. The van der Waals surface area contributed by atoms with Gasteiger partial charge in [0.15, 0.2) is 11.6 Å². The maximum atomic E-state index is 12.1. The molecule has 0 bridgehead atoms. The highest BCUT2D eigenvalue weighted by Crippen LogP contribution is 2.42. The largest absolute Gasteiger partial charge is 0.348 e. The maximum absolute atomic E-state index is 12.1. The van der Waals surface area contributed by atoms with Crippen molar-refractivity contribution < 1.29 is 28.0 Å². The van der Waals surface area contributed by atoms with Gasteiger partial charge in [0.1, 0.15) is 18.3 Å². The maximum Gasteiger partial charge on any atom is 0.203 e. The smallest absolute Gasteiger partial charge is 0.203 e. The molecule has 0 N–H and O–H groups in total. The van der Waals surface area contributed by atoms with Crippen LogP contribution in [-0.2, 0) is 33.6 Å². The third-order valence-corrected chi connectivity index (χ3v) is 6.96. The minimum absolute atomic E-state index is 0.0608. The second-order valence-electron chi connectivity index (χ2n) is 6.39. The molecule has 0 aromatic carbocycles. The van der Waals surface area contributed by atoms with Crippen LogP contribution in [0.25, 0.3) is 0 Å².